The third-order valence-corrected chi connectivity index (χ3v) is 6.57. The van der Waals surface area contributed by atoms with Crippen molar-refractivity contribution < 1.29 is 18.7 Å². The van der Waals surface area contributed by atoms with Gasteiger partial charge >= 0.3 is 6.03 Å². The van der Waals surface area contributed by atoms with Crippen molar-refractivity contribution in [1.29, 1.82) is 0 Å². The van der Waals surface area contributed by atoms with Gasteiger partial charge in [-0.05, 0) is 18.9 Å². The van der Waals surface area contributed by atoms with Gasteiger partial charge in [0, 0.05) is 67.7 Å². The minimum absolute atomic E-state index is 0.107. The van der Waals surface area contributed by atoms with Gasteiger partial charge < -0.3 is 15.0 Å². The van der Waals surface area contributed by atoms with Gasteiger partial charge in [-0.1, -0.05) is 27.7 Å². The van der Waals surface area contributed by atoms with Gasteiger partial charge in [0.1, 0.15) is 23.5 Å². The number of carbonyl (C=O) groups is 2. The zero-order valence-corrected chi connectivity index (χ0v) is 20.6. The molecule has 2 aromatic rings. The number of nitrogens with one attached hydrogen (secondary N) is 2. The molecule has 2 heterocycles. The van der Waals surface area contributed by atoms with Crippen LogP contribution < -0.4 is 15.4 Å². The highest BCUT2D eigenvalue weighted by atomic mass is 19.1. The monoisotopic (exact) mass is 471 g/mol. The summed E-state index contributed by atoms with van der Waals surface area (Å²) in [6.45, 7) is 9.44. The predicted octanol–water partition coefficient (Wildman–Crippen LogP) is 4.67. The normalized spacial score (nSPS) is 17.9. The maximum Gasteiger partial charge on any atom is 0.324 e. The SMILES string of the molecule is Cn1nc(C(C)(C)C)cc1NC(=O)Nc1cc(F)cc(OC2CCN(C(=O)C3(C)CC3)CC2)c1. The molecule has 0 bridgehead atoms. The fraction of sp³-hybridized carbons (Fsp3) is 0.560. The first-order chi connectivity index (χ1) is 15.9. The number of rotatable bonds is 5. The molecule has 2 N–H and O–H groups in total. The Morgan fingerprint density at radius 2 is 1.79 bits per heavy atom. The number of halogens is 1. The second-order valence-electron chi connectivity index (χ2n) is 10.7. The van der Waals surface area contributed by atoms with Gasteiger partial charge in [0.25, 0.3) is 0 Å². The van der Waals surface area contributed by atoms with Gasteiger partial charge in [-0.15, -0.1) is 0 Å². The zero-order valence-electron chi connectivity index (χ0n) is 20.6. The topological polar surface area (TPSA) is 88.5 Å². The van der Waals surface area contributed by atoms with Gasteiger partial charge in [-0.3, -0.25) is 14.8 Å². The van der Waals surface area contributed by atoms with Crippen LogP contribution in [0.4, 0.5) is 20.7 Å². The van der Waals surface area contributed by atoms with E-state index in [2.05, 4.69) is 15.7 Å². The molecule has 2 aliphatic rings. The summed E-state index contributed by atoms with van der Waals surface area (Å²) in [6, 6.07) is 5.48. The van der Waals surface area contributed by atoms with E-state index in [1.807, 2.05) is 38.7 Å². The number of ether oxygens (including phenoxy) is 1. The molecule has 2 fully saturated rings. The quantitative estimate of drug-likeness (QED) is 0.663. The number of urea groups is 1. The van der Waals surface area contributed by atoms with Crippen molar-refractivity contribution in [2.45, 2.75) is 64.9 Å². The Bertz CT molecular complexity index is 1080. The Hall–Kier alpha value is -3.10. The summed E-state index contributed by atoms with van der Waals surface area (Å²) >= 11 is 0. The molecule has 0 atom stereocenters. The Morgan fingerprint density at radius 1 is 1.12 bits per heavy atom. The largest absolute Gasteiger partial charge is 0.490 e. The lowest BCUT2D eigenvalue weighted by molar-refractivity contribution is -0.138. The first-order valence-electron chi connectivity index (χ1n) is 11.8. The van der Waals surface area contributed by atoms with Crippen LogP contribution in [-0.2, 0) is 17.3 Å². The Balaban J connectivity index is 1.34. The number of hydrogen-bond donors (Lipinski definition) is 2. The number of nitrogens with zero attached hydrogens (tertiary/aromatic N) is 3. The van der Waals surface area contributed by atoms with Crippen LogP contribution in [0.15, 0.2) is 24.3 Å². The summed E-state index contributed by atoms with van der Waals surface area (Å²) in [5.74, 6) is 0.622. The molecule has 1 saturated carbocycles. The Labute approximate surface area is 199 Å². The Morgan fingerprint density at radius 3 is 2.38 bits per heavy atom. The second-order valence-corrected chi connectivity index (χ2v) is 10.7. The Kier molecular flexibility index (Phi) is 6.31. The number of benzene rings is 1. The molecular formula is C25H34FN5O3. The van der Waals surface area contributed by atoms with E-state index >= 15 is 0 Å². The number of hydrogen-bond acceptors (Lipinski definition) is 4. The minimum atomic E-state index is -0.502. The zero-order chi connectivity index (χ0) is 24.7. The van der Waals surface area contributed by atoms with Crippen molar-refractivity contribution in [2.24, 2.45) is 12.5 Å². The summed E-state index contributed by atoms with van der Waals surface area (Å²) < 4.78 is 21.8. The number of aromatic nitrogens is 2. The van der Waals surface area contributed by atoms with Gasteiger partial charge in [-0.2, -0.15) is 5.10 Å². The molecule has 1 aliphatic carbocycles. The van der Waals surface area contributed by atoms with Crippen LogP contribution in [0, 0.1) is 11.2 Å². The van der Waals surface area contributed by atoms with Crippen molar-refractivity contribution >= 4 is 23.4 Å². The molecule has 8 nitrogen and oxygen atoms in total. The predicted molar refractivity (Wildman–Crippen MR) is 129 cm³/mol. The molecule has 9 heteroatoms. The van der Waals surface area contributed by atoms with Crippen molar-refractivity contribution in [3.8, 4) is 5.75 Å². The first-order valence-corrected chi connectivity index (χ1v) is 11.8. The third kappa shape index (κ3) is 5.51. The summed E-state index contributed by atoms with van der Waals surface area (Å²) in [6.07, 6.45) is 3.21. The first kappa shape index (κ1) is 24.0. The molecule has 184 valence electrons. The fourth-order valence-corrected chi connectivity index (χ4v) is 4.08. The summed E-state index contributed by atoms with van der Waals surface area (Å²) in [5.41, 5.74) is 0.828. The highest BCUT2D eigenvalue weighted by Gasteiger charge is 2.47. The number of amides is 3. The van der Waals surface area contributed by atoms with Crippen LogP contribution in [0.5, 0.6) is 5.75 Å². The van der Waals surface area contributed by atoms with Gasteiger partial charge in [-0.25, -0.2) is 9.18 Å². The average Bonchev–Trinajstić information content (AvgIpc) is 3.39. The summed E-state index contributed by atoms with van der Waals surface area (Å²) in [5, 5.41) is 9.86. The molecule has 4 rings (SSSR count). The van der Waals surface area contributed by atoms with Crippen LogP contribution >= 0.6 is 0 Å². The van der Waals surface area contributed by atoms with Gasteiger partial charge in [0.15, 0.2) is 0 Å². The van der Waals surface area contributed by atoms with E-state index in [0.29, 0.717) is 43.2 Å². The van der Waals surface area contributed by atoms with E-state index in [4.69, 9.17) is 4.74 Å². The lowest BCUT2D eigenvalue weighted by Gasteiger charge is -2.33. The highest BCUT2D eigenvalue weighted by molar-refractivity contribution is 5.99. The van der Waals surface area contributed by atoms with E-state index < -0.39 is 11.8 Å². The maximum absolute atomic E-state index is 14.2. The van der Waals surface area contributed by atoms with Crippen molar-refractivity contribution in [3.05, 3.63) is 35.8 Å². The van der Waals surface area contributed by atoms with Crippen LogP contribution in [0.1, 0.15) is 59.1 Å². The molecule has 3 amide bonds. The van der Waals surface area contributed by atoms with Crippen LogP contribution in [0.25, 0.3) is 0 Å². The lowest BCUT2D eigenvalue weighted by Crippen LogP contribution is -2.44. The number of anilines is 2. The van der Waals surface area contributed by atoms with Crippen molar-refractivity contribution in [1.82, 2.24) is 14.7 Å². The van der Waals surface area contributed by atoms with E-state index in [9.17, 15) is 14.0 Å². The summed E-state index contributed by atoms with van der Waals surface area (Å²) in [4.78, 5) is 27.0. The molecular weight excluding hydrogens is 437 g/mol. The van der Waals surface area contributed by atoms with E-state index in [0.717, 1.165) is 18.5 Å². The van der Waals surface area contributed by atoms with Crippen LogP contribution in [-0.4, -0.2) is 45.8 Å². The van der Waals surface area contributed by atoms with Crippen molar-refractivity contribution in [2.75, 3.05) is 23.7 Å². The fourth-order valence-electron chi connectivity index (χ4n) is 4.08. The summed E-state index contributed by atoms with van der Waals surface area (Å²) in [7, 11) is 1.75. The molecule has 0 spiro atoms. The maximum atomic E-state index is 14.2. The van der Waals surface area contributed by atoms with Crippen LogP contribution in [0.2, 0.25) is 0 Å². The van der Waals surface area contributed by atoms with Crippen LogP contribution in [0.3, 0.4) is 0 Å². The smallest absolute Gasteiger partial charge is 0.324 e. The van der Waals surface area contributed by atoms with Gasteiger partial charge in [0.2, 0.25) is 5.91 Å². The average molecular weight is 472 g/mol. The molecule has 34 heavy (non-hydrogen) atoms. The molecule has 1 aliphatic heterocycles. The molecule has 1 saturated heterocycles. The molecule has 0 radical (unpaired) electrons. The molecule has 0 unspecified atom stereocenters. The number of carbonyl (C=O) groups excluding carboxylic acids is 2. The molecule has 1 aromatic heterocycles. The highest BCUT2D eigenvalue weighted by Crippen LogP contribution is 2.46. The standard InChI is InChI=1S/C25H34FN5O3/c1-24(2,3)20-15-21(30(5)29-20)28-23(33)27-17-12-16(26)13-19(14-17)34-18-6-10-31(11-7-18)22(32)25(4)8-9-25/h12-15,18H,6-11H2,1-5H3,(H2,27,28,33). The minimum Gasteiger partial charge on any atom is -0.490 e. The molecule has 1 aromatic carbocycles. The second kappa shape index (κ2) is 8.92. The van der Waals surface area contributed by atoms with Crippen molar-refractivity contribution in [3.63, 3.8) is 0 Å². The number of aryl methyl sites for hydroxylation is 1. The number of likely N-dealkylation sites (tertiary alicyclic amines) is 1. The van der Waals surface area contributed by atoms with Gasteiger partial charge in [0.05, 0.1) is 5.69 Å². The van der Waals surface area contributed by atoms with E-state index in [1.165, 1.54) is 12.1 Å². The lowest BCUT2D eigenvalue weighted by atomic mass is 9.92. The van der Waals surface area contributed by atoms with E-state index in [1.54, 1.807) is 17.8 Å². The third-order valence-electron chi connectivity index (χ3n) is 6.57. The van der Waals surface area contributed by atoms with E-state index in [-0.39, 0.29) is 22.8 Å². The number of piperidine rings is 1.